The van der Waals surface area contributed by atoms with E-state index in [0.29, 0.717) is 5.56 Å². The molecule has 0 saturated carbocycles. The van der Waals surface area contributed by atoms with Crippen LogP contribution in [0, 0.1) is 0 Å². The van der Waals surface area contributed by atoms with Gasteiger partial charge in [-0.2, -0.15) is 0 Å². The molecule has 0 aliphatic carbocycles. The smallest absolute Gasteiger partial charge is 0.255 e. The van der Waals surface area contributed by atoms with Crippen LogP contribution in [-0.4, -0.2) is 28.2 Å². The van der Waals surface area contributed by atoms with Gasteiger partial charge in [-0.05, 0) is 93.2 Å². The minimum absolute atomic E-state index is 0.121. The molecule has 2 aromatic heterocycles. The van der Waals surface area contributed by atoms with Crippen LogP contribution in [0.1, 0.15) is 43.5 Å². The minimum Gasteiger partial charge on any atom is -0.322 e. The van der Waals surface area contributed by atoms with E-state index < -0.39 is 0 Å². The van der Waals surface area contributed by atoms with E-state index >= 15 is 0 Å². The number of hydrogen-bond donors (Lipinski definition) is 1. The molecule has 1 fully saturated rings. The molecule has 0 bridgehead atoms. The number of anilines is 2. The third-order valence-corrected chi connectivity index (χ3v) is 7.10. The average Bonchev–Trinajstić information content (AvgIpc) is 3.23. The summed E-state index contributed by atoms with van der Waals surface area (Å²) >= 11 is 1.88. The summed E-state index contributed by atoms with van der Waals surface area (Å²) in [6, 6.07) is 21.5. The molecular weight excluding hydrogens is 464 g/mol. The van der Waals surface area contributed by atoms with Crippen LogP contribution in [0.5, 0.6) is 0 Å². The first-order valence-electron chi connectivity index (χ1n) is 12.4. The van der Waals surface area contributed by atoms with Crippen molar-refractivity contribution in [2.45, 2.75) is 33.1 Å². The van der Waals surface area contributed by atoms with Gasteiger partial charge in [0.05, 0.1) is 11.2 Å². The third-order valence-electron chi connectivity index (χ3n) is 5.93. The van der Waals surface area contributed by atoms with Gasteiger partial charge in [-0.25, -0.2) is 0 Å². The van der Waals surface area contributed by atoms with Gasteiger partial charge in [0, 0.05) is 52.6 Å². The first-order valence-corrected chi connectivity index (χ1v) is 13.3. The van der Waals surface area contributed by atoms with E-state index in [9.17, 15) is 4.79 Å². The Morgan fingerprint density at radius 1 is 0.917 bits per heavy atom. The second kappa shape index (κ2) is 12.9. The highest BCUT2D eigenvalue weighted by Crippen LogP contribution is 2.29. The molecule has 184 valence electrons. The molecule has 0 spiro atoms. The molecule has 1 N–H and O–H groups in total. The van der Waals surface area contributed by atoms with Gasteiger partial charge in [-0.3, -0.25) is 14.8 Å². The van der Waals surface area contributed by atoms with E-state index in [1.165, 1.54) is 19.3 Å². The molecule has 5 rings (SSSR count). The molecule has 1 aliphatic rings. The molecule has 6 heteroatoms. The average molecular weight is 497 g/mol. The maximum atomic E-state index is 12.9. The van der Waals surface area contributed by atoms with Crippen LogP contribution in [0.2, 0.25) is 0 Å². The molecule has 5 nitrogen and oxygen atoms in total. The number of fused-ring (bicyclic) bond motifs is 1. The molecule has 0 atom stereocenters. The quantitative estimate of drug-likeness (QED) is 0.231. The van der Waals surface area contributed by atoms with E-state index in [1.807, 2.05) is 105 Å². The Morgan fingerprint density at radius 2 is 1.75 bits per heavy atom. The fourth-order valence-electron chi connectivity index (χ4n) is 3.94. The van der Waals surface area contributed by atoms with E-state index in [-0.39, 0.29) is 5.91 Å². The Labute approximate surface area is 217 Å². The number of hydrogen-bond acceptors (Lipinski definition) is 5. The SMILES string of the molecule is C/C=C\C.O=C(Nc1cccc(-c2nccc3ncccc23)c1)c1ccc(N2CCCCCS2)cc1. The van der Waals surface area contributed by atoms with E-state index in [1.54, 1.807) is 12.4 Å². The highest BCUT2D eigenvalue weighted by atomic mass is 32.2. The van der Waals surface area contributed by atoms with Crippen LogP contribution >= 0.6 is 11.9 Å². The Balaban J connectivity index is 0.000000709. The van der Waals surface area contributed by atoms with Crippen LogP contribution < -0.4 is 9.62 Å². The number of rotatable bonds is 4. The van der Waals surface area contributed by atoms with Crippen molar-refractivity contribution in [3.8, 4) is 11.3 Å². The van der Waals surface area contributed by atoms with Crippen LogP contribution in [0.15, 0.2) is 91.3 Å². The van der Waals surface area contributed by atoms with Crippen molar-refractivity contribution in [2.24, 2.45) is 0 Å². The predicted octanol–water partition coefficient (Wildman–Crippen LogP) is 7.77. The highest BCUT2D eigenvalue weighted by Gasteiger charge is 2.13. The Bertz CT molecular complexity index is 1300. The maximum absolute atomic E-state index is 12.9. The zero-order chi connectivity index (χ0) is 25.2. The molecule has 36 heavy (non-hydrogen) atoms. The van der Waals surface area contributed by atoms with E-state index in [0.717, 1.165) is 45.8 Å². The van der Waals surface area contributed by atoms with E-state index in [4.69, 9.17) is 0 Å². The predicted molar refractivity (Wildman–Crippen MR) is 154 cm³/mol. The first-order chi connectivity index (χ1) is 17.7. The van der Waals surface area contributed by atoms with Gasteiger partial charge >= 0.3 is 0 Å². The van der Waals surface area contributed by atoms with Crippen molar-refractivity contribution < 1.29 is 4.79 Å². The Hall–Kier alpha value is -3.64. The number of pyridine rings is 2. The summed E-state index contributed by atoms with van der Waals surface area (Å²) in [6.07, 6.45) is 11.3. The largest absolute Gasteiger partial charge is 0.322 e. The van der Waals surface area contributed by atoms with Crippen molar-refractivity contribution in [2.75, 3.05) is 21.9 Å². The number of aromatic nitrogens is 2. The number of carbonyl (C=O) groups excluding carboxylic acids is 1. The number of allylic oxidation sites excluding steroid dienone is 2. The second-order valence-electron chi connectivity index (χ2n) is 8.47. The van der Waals surface area contributed by atoms with Gasteiger partial charge in [-0.15, -0.1) is 0 Å². The Morgan fingerprint density at radius 3 is 2.56 bits per heavy atom. The first kappa shape index (κ1) is 25.5. The topological polar surface area (TPSA) is 58.1 Å². The van der Waals surface area contributed by atoms with Gasteiger partial charge in [-0.1, -0.05) is 30.7 Å². The fourth-order valence-corrected chi connectivity index (χ4v) is 5.02. The molecule has 0 unspecified atom stereocenters. The molecular formula is C30H32N4OS. The summed E-state index contributed by atoms with van der Waals surface area (Å²) in [6.45, 7) is 5.06. The maximum Gasteiger partial charge on any atom is 0.255 e. The highest BCUT2D eigenvalue weighted by molar-refractivity contribution is 8.00. The molecule has 2 aromatic carbocycles. The van der Waals surface area contributed by atoms with Crippen LogP contribution in [0.25, 0.3) is 22.2 Å². The second-order valence-corrected chi connectivity index (χ2v) is 9.58. The number of benzene rings is 2. The molecule has 4 aromatic rings. The lowest BCUT2D eigenvalue weighted by molar-refractivity contribution is 0.102. The number of nitrogens with zero attached hydrogens (tertiary/aromatic N) is 3. The zero-order valence-corrected chi connectivity index (χ0v) is 21.7. The van der Waals surface area contributed by atoms with Crippen LogP contribution in [0.3, 0.4) is 0 Å². The number of carbonyl (C=O) groups is 1. The number of amides is 1. The fraction of sp³-hybridized carbons (Fsp3) is 0.233. The van der Waals surface area contributed by atoms with Crippen molar-refractivity contribution in [1.82, 2.24) is 9.97 Å². The Kier molecular flexibility index (Phi) is 9.11. The van der Waals surface area contributed by atoms with Gasteiger partial charge in [0.25, 0.3) is 5.91 Å². The monoisotopic (exact) mass is 496 g/mol. The van der Waals surface area contributed by atoms with Crippen LogP contribution in [0.4, 0.5) is 11.4 Å². The molecule has 1 aliphatic heterocycles. The van der Waals surface area contributed by atoms with Gasteiger partial charge in [0.15, 0.2) is 0 Å². The summed E-state index contributed by atoms with van der Waals surface area (Å²) in [4.78, 5) is 21.8. The van der Waals surface area contributed by atoms with Crippen LogP contribution in [-0.2, 0) is 0 Å². The van der Waals surface area contributed by atoms with Crippen molar-refractivity contribution in [1.29, 1.82) is 0 Å². The minimum atomic E-state index is -0.121. The molecule has 0 radical (unpaired) electrons. The summed E-state index contributed by atoms with van der Waals surface area (Å²) in [5, 5.41) is 4.01. The van der Waals surface area contributed by atoms with E-state index in [2.05, 4.69) is 19.6 Å². The zero-order valence-electron chi connectivity index (χ0n) is 20.9. The lowest BCUT2D eigenvalue weighted by Gasteiger charge is -2.21. The molecule has 1 amide bonds. The number of nitrogens with one attached hydrogen (secondary N) is 1. The van der Waals surface area contributed by atoms with Crippen molar-refractivity contribution in [3.05, 3.63) is 96.8 Å². The van der Waals surface area contributed by atoms with Gasteiger partial charge < -0.3 is 9.62 Å². The lowest BCUT2D eigenvalue weighted by Crippen LogP contribution is -2.15. The van der Waals surface area contributed by atoms with Gasteiger partial charge in [0.1, 0.15) is 0 Å². The lowest BCUT2D eigenvalue weighted by atomic mass is 10.1. The van der Waals surface area contributed by atoms with Crippen molar-refractivity contribution in [3.63, 3.8) is 0 Å². The summed E-state index contributed by atoms with van der Waals surface area (Å²) in [5.41, 5.74) is 5.23. The summed E-state index contributed by atoms with van der Waals surface area (Å²) < 4.78 is 2.34. The third kappa shape index (κ3) is 6.52. The molecule has 3 heterocycles. The normalized spacial score (nSPS) is 13.7. The molecule has 1 saturated heterocycles. The summed E-state index contributed by atoms with van der Waals surface area (Å²) in [7, 11) is 0. The van der Waals surface area contributed by atoms with Crippen molar-refractivity contribution >= 4 is 40.1 Å². The summed E-state index contributed by atoms with van der Waals surface area (Å²) in [5.74, 6) is 1.03. The van der Waals surface area contributed by atoms with Gasteiger partial charge in [0.2, 0.25) is 0 Å². The standard InChI is InChI=1S/C26H24N4OS.C4H8/c31-26(19-9-11-22(12-10-19)30-16-2-1-3-17-32-30)29-21-7-4-6-20(18-21)25-23-8-5-14-27-24(23)13-15-28-25;1-3-4-2/h4-15,18H,1-3,16-17H2,(H,29,31);3-4H,1-2H3/b;4-3-.